The van der Waals surface area contributed by atoms with Crippen LogP contribution in [0.25, 0.3) is 0 Å². The fourth-order valence-electron chi connectivity index (χ4n) is 2.50. The molecule has 0 bridgehead atoms. The van der Waals surface area contributed by atoms with Gasteiger partial charge in [0.2, 0.25) is 5.91 Å². The molecule has 3 N–H and O–H groups in total. The maximum Gasteiger partial charge on any atom is 0.303 e. The first kappa shape index (κ1) is 17.0. The molecule has 6 nitrogen and oxygen atoms in total. The minimum Gasteiger partial charge on any atom is -0.481 e. The van der Waals surface area contributed by atoms with Gasteiger partial charge in [-0.3, -0.25) is 9.59 Å². The Balaban J connectivity index is 1.72. The molecule has 1 amide bonds. The van der Waals surface area contributed by atoms with E-state index in [9.17, 15) is 9.59 Å². The zero-order valence-corrected chi connectivity index (χ0v) is 13.2. The number of hydrogen-bond donors (Lipinski definition) is 3. The lowest BCUT2D eigenvalue weighted by molar-refractivity contribution is -0.138. The number of carbonyl (C=O) groups excluding carboxylic acids is 1. The summed E-state index contributed by atoms with van der Waals surface area (Å²) < 4.78 is 0. The summed E-state index contributed by atoms with van der Waals surface area (Å²) in [5.74, 6) is -0.532. The van der Waals surface area contributed by atoms with Crippen LogP contribution < -0.4 is 10.6 Å². The standard InChI is InChI=1S/C17H23N3O3/c21-16(8-9-17(22)23)20-14-6-7-15(19-12-14)18-11-10-13-4-2-1-3-5-13/h4,6-7,12H,1-3,5,8-11H2,(H,18,19)(H,20,21)(H,22,23). The molecule has 1 heterocycles. The molecule has 0 saturated carbocycles. The van der Waals surface area contributed by atoms with Gasteiger partial charge in [-0.2, -0.15) is 0 Å². The molecule has 1 aromatic rings. The quantitative estimate of drug-likeness (QED) is 0.640. The number of anilines is 2. The average molecular weight is 317 g/mol. The maximum atomic E-state index is 11.5. The van der Waals surface area contributed by atoms with Crippen LogP contribution in [0.5, 0.6) is 0 Å². The van der Waals surface area contributed by atoms with Crippen molar-refractivity contribution in [3.05, 3.63) is 30.0 Å². The van der Waals surface area contributed by atoms with Gasteiger partial charge in [0, 0.05) is 13.0 Å². The number of allylic oxidation sites excluding steroid dienone is 1. The van der Waals surface area contributed by atoms with Gasteiger partial charge >= 0.3 is 5.97 Å². The van der Waals surface area contributed by atoms with E-state index in [1.807, 2.05) is 6.07 Å². The zero-order chi connectivity index (χ0) is 16.5. The molecule has 1 aromatic heterocycles. The highest BCUT2D eigenvalue weighted by Gasteiger charge is 2.06. The van der Waals surface area contributed by atoms with E-state index in [0.717, 1.165) is 18.8 Å². The van der Waals surface area contributed by atoms with E-state index in [1.54, 1.807) is 12.3 Å². The highest BCUT2D eigenvalue weighted by atomic mass is 16.4. The number of carbonyl (C=O) groups is 2. The predicted octanol–water partition coefficient (Wildman–Crippen LogP) is 3.19. The molecule has 0 aliphatic heterocycles. The van der Waals surface area contributed by atoms with Gasteiger partial charge in [0.1, 0.15) is 5.82 Å². The summed E-state index contributed by atoms with van der Waals surface area (Å²) >= 11 is 0. The number of nitrogens with zero attached hydrogens (tertiary/aromatic N) is 1. The summed E-state index contributed by atoms with van der Waals surface area (Å²) in [6.07, 6.45) is 9.74. The van der Waals surface area contributed by atoms with Gasteiger partial charge in [0.05, 0.1) is 18.3 Å². The van der Waals surface area contributed by atoms with E-state index in [4.69, 9.17) is 5.11 Å². The summed E-state index contributed by atoms with van der Waals surface area (Å²) in [6, 6.07) is 3.57. The number of rotatable bonds is 8. The third-order valence-corrected chi connectivity index (χ3v) is 3.75. The van der Waals surface area contributed by atoms with E-state index in [2.05, 4.69) is 21.7 Å². The van der Waals surface area contributed by atoms with Crippen molar-refractivity contribution in [1.29, 1.82) is 0 Å². The highest BCUT2D eigenvalue weighted by molar-refractivity contribution is 5.92. The number of aromatic nitrogens is 1. The Bertz CT molecular complexity index is 567. The molecule has 0 saturated heterocycles. The van der Waals surface area contributed by atoms with Crippen LogP contribution in [0.1, 0.15) is 44.9 Å². The molecule has 124 valence electrons. The van der Waals surface area contributed by atoms with E-state index < -0.39 is 5.97 Å². The first-order chi connectivity index (χ1) is 11.1. The highest BCUT2D eigenvalue weighted by Crippen LogP contribution is 2.20. The van der Waals surface area contributed by atoms with Crippen LogP contribution in [0.15, 0.2) is 30.0 Å². The van der Waals surface area contributed by atoms with Crippen molar-refractivity contribution in [3.63, 3.8) is 0 Å². The summed E-state index contributed by atoms with van der Waals surface area (Å²) in [5.41, 5.74) is 2.09. The van der Waals surface area contributed by atoms with Crippen LogP contribution in [0.3, 0.4) is 0 Å². The van der Waals surface area contributed by atoms with Crippen LogP contribution in [0, 0.1) is 0 Å². The Morgan fingerprint density at radius 2 is 2.09 bits per heavy atom. The van der Waals surface area contributed by atoms with Gasteiger partial charge in [-0.15, -0.1) is 0 Å². The van der Waals surface area contributed by atoms with Gasteiger partial charge in [0.15, 0.2) is 0 Å². The molecule has 1 aliphatic carbocycles. The fourth-order valence-corrected chi connectivity index (χ4v) is 2.50. The SMILES string of the molecule is O=C(O)CCC(=O)Nc1ccc(NCCC2=CCCCC2)nc1. The number of carboxylic acid groups (broad SMARTS) is 1. The van der Waals surface area contributed by atoms with Gasteiger partial charge in [0.25, 0.3) is 0 Å². The molecule has 2 rings (SSSR count). The number of carboxylic acids is 1. The second-order valence-electron chi connectivity index (χ2n) is 5.66. The van der Waals surface area contributed by atoms with Gasteiger partial charge in [-0.25, -0.2) is 4.98 Å². The second kappa shape index (κ2) is 8.92. The van der Waals surface area contributed by atoms with Crippen LogP contribution in [0.2, 0.25) is 0 Å². The smallest absolute Gasteiger partial charge is 0.303 e. The molecule has 0 atom stereocenters. The van der Waals surface area contributed by atoms with Crippen molar-refractivity contribution in [2.45, 2.75) is 44.9 Å². The summed E-state index contributed by atoms with van der Waals surface area (Å²) in [7, 11) is 0. The van der Waals surface area contributed by atoms with Crippen molar-refractivity contribution < 1.29 is 14.7 Å². The van der Waals surface area contributed by atoms with Crippen LogP contribution in [0.4, 0.5) is 11.5 Å². The maximum absolute atomic E-state index is 11.5. The minimum atomic E-state index is -0.981. The normalized spacial score (nSPS) is 14.0. The number of aliphatic carboxylic acids is 1. The first-order valence-electron chi connectivity index (χ1n) is 8.03. The van der Waals surface area contributed by atoms with E-state index >= 15 is 0 Å². The number of nitrogens with one attached hydrogen (secondary N) is 2. The topological polar surface area (TPSA) is 91.3 Å². The Morgan fingerprint density at radius 1 is 1.22 bits per heavy atom. The molecule has 6 heteroatoms. The number of hydrogen-bond acceptors (Lipinski definition) is 4. The molecule has 0 radical (unpaired) electrons. The molecule has 23 heavy (non-hydrogen) atoms. The Morgan fingerprint density at radius 3 is 2.74 bits per heavy atom. The van der Waals surface area contributed by atoms with Gasteiger partial charge in [-0.05, 0) is 44.2 Å². The van der Waals surface area contributed by atoms with Crippen molar-refractivity contribution in [2.24, 2.45) is 0 Å². The van der Waals surface area contributed by atoms with Crippen LogP contribution in [-0.2, 0) is 9.59 Å². The third kappa shape index (κ3) is 6.50. The average Bonchev–Trinajstić information content (AvgIpc) is 2.56. The third-order valence-electron chi connectivity index (χ3n) is 3.75. The van der Waals surface area contributed by atoms with Crippen LogP contribution in [-0.4, -0.2) is 28.5 Å². The molecular weight excluding hydrogens is 294 g/mol. The monoisotopic (exact) mass is 317 g/mol. The summed E-state index contributed by atoms with van der Waals surface area (Å²) in [6.45, 7) is 0.850. The Hall–Kier alpha value is -2.37. The Kier molecular flexibility index (Phi) is 6.59. The van der Waals surface area contributed by atoms with Crippen molar-refractivity contribution in [1.82, 2.24) is 4.98 Å². The van der Waals surface area contributed by atoms with Crippen molar-refractivity contribution in [2.75, 3.05) is 17.2 Å². The van der Waals surface area contributed by atoms with E-state index in [1.165, 1.54) is 31.3 Å². The molecule has 1 aliphatic rings. The van der Waals surface area contributed by atoms with E-state index in [0.29, 0.717) is 5.69 Å². The summed E-state index contributed by atoms with van der Waals surface area (Å²) in [4.78, 5) is 26.2. The molecular formula is C17H23N3O3. The van der Waals surface area contributed by atoms with Crippen LogP contribution >= 0.6 is 0 Å². The summed E-state index contributed by atoms with van der Waals surface area (Å²) in [5, 5.41) is 14.4. The molecule has 0 unspecified atom stereocenters. The zero-order valence-electron chi connectivity index (χ0n) is 13.2. The van der Waals surface area contributed by atoms with Gasteiger partial charge < -0.3 is 15.7 Å². The molecule has 0 aromatic carbocycles. The molecule has 0 spiro atoms. The van der Waals surface area contributed by atoms with Crippen molar-refractivity contribution in [3.8, 4) is 0 Å². The second-order valence-corrected chi connectivity index (χ2v) is 5.66. The minimum absolute atomic E-state index is 0.0373. The number of amides is 1. The van der Waals surface area contributed by atoms with Gasteiger partial charge in [-0.1, -0.05) is 11.6 Å². The fraction of sp³-hybridized carbons (Fsp3) is 0.471. The predicted molar refractivity (Wildman–Crippen MR) is 89.4 cm³/mol. The lowest BCUT2D eigenvalue weighted by Gasteiger charge is -2.13. The number of pyridine rings is 1. The largest absolute Gasteiger partial charge is 0.481 e. The molecule has 0 fully saturated rings. The Labute approximate surface area is 136 Å². The van der Waals surface area contributed by atoms with E-state index in [-0.39, 0.29) is 18.7 Å². The lowest BCUT2D eigenvalue weighted by atomic mass is 9.97. The first-order valence-corrected chi connectivity index (χ1v) is 8.03. The van der Waals surface area contributed by atoms with Crippen molar-refractivity contribution >= 4 is 23.4 Å². The lowest BCUT2D eigenvalue weighted by Crippen LogP contribution is -2.13.